The third kappa shape index (κ3) is 1.96. The molecule has 0 aromatic heterocycles. The van der Waals surface area contributed by atoms with E-state index >= 15 is 0 Å². The molecule has 1 heteroatoms. The topological polar surface area (TPSA) is 3.24 Å². The standard InChI is InChI=1S/C10H21N/c1-8-6-9(7-8)11(5)10(2,3)4/h8-9H,6-7H2,1-5H3. The number of hydrogen-bond acceptors (Lipinski definition) is 1. The van der Waals surface area contributed by atoms with E-state index in [9.17, 15) is 0 Å². The second-order valence-corrected chi connectivity index (χ2v) is 5.01. The molecular formula is C10H21N. The molecule has 0 aromatic carbocycles. The average molecular weight is 155 g/mol. The molecule has 11 heavy (non-hydrogen) atoms. The van der Waals surface area contributed by atoms with Crippen molar-refractivity contribution in [2.45, 2.75) is 52.1 Å². The summed E-state index contributed by atoms with van der Waals surface area (Å²) in [6.45, 7) is 9.20. The molecule has 0 spiro atoms. The second-order valence-electron chi connectivity index (χ2n) is 5.01. The van der Waals surface area contributed by atoms with Crippen molar-refractivity contribution < 1.29 is 0 Å². The maximum Gasteiger partial charge on any atom is 0.0124 e. The van der Waals surface area contributed by atoms with Crippen molar-refractivity contribution in [2.75, 3.05) is 7.05 Å². The Labute approximate surface area is 70.8 Å². The van der Waals surface area contributed by atoms with E-state index in [1.54, 1.807) is 0 Å². The molecule has 0 aromatic rings. The minimum atomic E-state index is 0.352. The van der Waals surface area contributed by atoms with Crippen LogP contribution in [-0.2, 0) is 0 Å². The monoisotopic (exact) mass is 155 g/mol. The molecule has 0 unspecified atom stereocenters. The van der Waals surface area contributed by atoms with Gasteiger partial charge >= 0.3 is 0 Å². The summed E-state index contributed by atoms with van der Waals surface area (Å²) in [5.74, 6) is 0.963. The van der Waals surface area contributed by atoms with E-state index in [0.29, 0.717) is 5.54 Å². The van der Waals surface area contributed by atoms with Crippen molar-refractivity contribution in [3.8, 4) is 0 Å². The minimum Gasteiger partial charge on any atom is -0.299 e. The first-order valence-corrected chi connectivity index (χ1v) is 4.64. The lowest BCUT2D eigenvalue weighted by molar-refractivity contribution is 0.0393. The average Bonchev–Trinajstić information content (AvgIpc) is 1.77. The fourth-order valence-electron chi connectivity index (χ4n) is 1.72. The van der Waals surface area contributed by atoms with E-state index in [1.165, 1.54) is 12.8 Å². The molecule has 0 radical (unpaired) electrons. The van der Waals surface area contributed by atoms with E-state index in [2.05, 4.69) is 39.6 Å². The fraction of sp³-hybridized carbons (Fsp3) is 1.00. The highest BCUT2D eigenvalue weighted by Gasteiger charge is 2.33. The molecule has 1 rings (SSSR count). The van der Waals surface area contributed by atoms with E-state index in [4.69, 9.17) is 0 Å². The summed E-state index contributed by atoms with van der Waals surface area (Å²) in [7, 11) is 2.25. The van der Waals surface area contributed by atoms with E-state index in [0.717, 1.165) is 12.0 Å². The molecule has 0 amide bonds. The fourth-order valence-corrected chi connectivity index (χ4v) is 1.72. The molecule has 0 heterocycles. The third-order valence-electron chi connectivity index (χ3n) is 2.95. The lowest BCUT2D eigenvalue weighted by Gasteiger charge is -2.46. The first-order valence-electron chi connectivity index (χ1n) is 4.64. The molecule has 0 atom stereocenters. The van der Waals surface area contributed by atoms with Gasteiger partial charge in [0.2, 0.25) is 0 Å². The highest BCUT2D eigenvalue weighted by atomic mass is 15.2. The SMILES string of the molecule is CC1CC(N(C)C(C)(C)C)C1. The molecule has 1 saturated carbocycles. The Hall–Kier alpha value is -0.0400. The van der Waals surface area contributed by atoms with Crippen molar-refractivity contribution in [3.63, 3.8) is 0 Å². The lowest BCUT2D eigenvalue weighted by Crippen LogP contribution is -2.50. The van der Waals surface area contributed by atoms with Crippen LogP contribution in [0.5, 0.6) is 0 Å². The molecule has 66 valence electrons. The van der Waals surface area contributed by atoms with Crippen molar-refractivity contribution >= 4 is 0 Å². The van der Waals surface area contributed by atoms with Gasteiger partial charge in [0.15, 0.2) is 0 Å². The van der Waals surface area contributed by atoms with Crippen LogP contribution in [0.2, 0.25) is 0 Å². The number of hydrogen-bond donors (Lipinski definition) is 0. The molecule has 0 aliphatic heterocycles. The molecule has 0 bridgehead atoms. The van der Waals surface area contributed by atoms with Crippen LogP contribution >= 0.6 is 0 Å². The first-order chi connectivity index (χ1) is 4.91. The highest BCUT2D eigenvalue weighted by molar-refractivity contribution is 4.88. The Morgan fingerprint density at radius 1 is 1.18 bits per heavy atom. The largest absolute Gasteiger partial charge is 0.299 e. The van der Waals surface area contributed by atoms with Gasteiger partial charge in [-0.25, -0.2) is 0 Å². The maximum atomic E-state index is 2.51. The first kappa shape index (κ1) is 9.05. The van der Waals surface area contributed by atoms with Gasteiger partial charge in [-0.1, -0.05) is 6.92 Å². The summed E-state index contributed by atoms with van der Waals surface area (Å²) in [6.07, 6.45) is 2.79. The van der Waals surface area contributed by atoms with E-state index in [1.807, 2.05) is 0 Å². The third-order valence-corrected chi connectivity index (χ3v) is 2.95. The molecule has 1 nitrogen and oxygen atoms in total. The zero-order chi connectivity index (χ0) is 8.65. The van der Waals surface area contributed by atoms with Gasteiger partial charge in [-0.3, -0.25) is 4.90 Å². The van der Waals surface area contributed by atoms with Gasteiger partial charge in [-0.15, -0.1) is 0 Å². The molecule has 1 aliphatic rings. The minimum absolute atomic E-state index is 0.352. The Kier molecular flexibility index (Phi) is 2.29. The summed E-state index contributed by atoms with van der Waals surface area (Å²) in [5, 5.41) is 0. The van der Waals surface area contributed by atoms with Crippen LogP contribution in [0.25, 0.3) is 0 Å². The van der Waals surface area contributed by atoms with Gasteiger partial charge in [0.25, 0.3) is 0 Å². The zero-order valence-electron chi connectivity index (χ0n) is 8.52. The van der Waals surface area contributed by atoms with Crippen LogP contribution in [-0.4, -0.2) is 23.5 Å². The molecular weight excluding hydrogens is 134 g/mol. The quantitative estimate of drug-likeness (QED) is 0.562. The summed E-state index contributed by atoms with van der Waals surface area (Å²) >= 11 is 0. The van der Waals surface area contributed by atoms with Gasteiger partial charge in [-0.05, 0) is 46.6 Å². The van der Waals surface area contributed by atoms with Crippen LogP contribution in [0, 0.1) is 5.92 Å². The predicted octanol–water partition coefficient (Wildman–Crippen LogP) is 2.52. The van der Waals surface area contributed by atoms with Crippen molar-refractivity contribution in [3.05, 3.63) is 0 Å². The van der Waals surface area contributed by atoms with E-state index < -0.39 is 0 Å². The summed E-state index contributed by atoms with van der Waals surface area (Å²) in [6, 6.07) is 0.852. The Morgan fingerprint density at radius 3 is 1.91 bits per heavy atom. The molecule has 0 N–H and O–H groups in total. The van der Waals surface area contributed by atoms with Crippen LogP contribution in [0.1, 0.15) is 40.5 Å². The second kappa shape index (κ2) is 2.78. The van der Waals surface area contributed by atoms with Crippen LogP contribution in [0.3, 0.4) is 0 Å². The van der Waals surface area contributed by atoms with Crippen molar-refractivity contribution in [2.24, 2.45) is 5.92 Å². The Balaban J connectivity index is 2.38. The van der Waals surface area contributed by atoms with Crippen LogP contribution in [0.4, 0.5) is 0 Å². The number of rotatable bonds is 1. The molecule has 1 fully saturated rings. The number of nitrogens with zero attached hydrogens (tertiary/aromatic N) is 1. The normalized spacial score (nSPS) is 32.2. The van der Waals surface area contributed by atoms with Gasteiger partial charge in [0, 0.05) is 11.6 Å². The van der Waals surface area contributed by atoms with Gasteiger partial charge in [0.05, 0.1) is 0 Å². The van der Waals surface area contributed by atoms with Gasteiger partial charge in [-0.2, -0.15) is 0 Å². The van der Waals surface area contributed by atoms with Crippen molar-refractivity contribution in [1.29, 1.82) is 0 Å². The lowest BCUT2D eigenvalue weighted by atomic mass is 9.79. The molecule has 0 saturated heterocycles. The maximum absolute atomic E-state index is 2.51. The summed E-state index contributed by atoms with van der Waals surface area (Å²) < 4.78 is 0. The van der Waals surface area contributed by atoms with Gasteiger partial charge < -0.3 is 0 Å². The smallest absolute Gasteiger partial charge is 0.0124 e. The summed E-state index contributed by atoms with van der Waals surface area (Å²) in [5.41, 5.74) is 0.352. The van der Waals surface area contributed by atoms with Crippen LogP contribution < -0.4 is 0 Å². The van der Waals surface area contributed by atoms with E-state index in [-0.39, 0.29) is 0 Å². The molecule has 1 aliphatic carbocycles. The zero-order valence-corrected chi connectivity index (χ0v) is 8.52. The highest BCUT2D eigenvalue weighted by Crippen LogP contribution is 2.33. The van der Waals surface area contributed by atoms with Crippen molar-refractivity contribution in [1.82, 2.24) is 4.90 Å². The Bertz CT molecular complexity index is 128. The Morgan fingerprint density at radius 2 is 1.64 bits per heavy atom. The van der Waals surface area contributed by atoms with Crippen LogP contribution in [0.15, 0.2) is 0 Å². The predicted molar refractivity (Wildman–Crippen MR) is 49.7 cm³/mol. The summed E-state index contributed by atoms with van der Waals surface area (Å²) in [4.78, 5) is 2.51. The van der Waals surface area contributed by atoms with Gasteiger partial charge in [0.1, 0.15) is 0 Å².